The number of methoxy groups -OCH3 is 1. The molecular formula is C23H19NO2. The second-order valence-corrected chi connectivity index (χ2v) is 6.35. The molecule has 0 heterocycles. The first kappa shape index (κ1) is 16.2. The minimum atomic E-state index is 0.0425. The van der Waals surface area contributed by atoms with E-state index in [1.54, 1.807) is 7.11 Å². The van der Waals surface area contributed by atoms with Crippen molar-refractivity contribution in [1.82, 2.24) is 0 Å². The number of Topliss-reactive ketones (excluding diaryl/α,β-unsaturated/α-hetero) is 1. The fourth-order valence-corrected chi connectivity index (χ4v) is 3.31. The summed E-state index contributed by atoms with van der Waals surface area (Å²) in [5.41, 5.74) is 6.21. The van der Waals surface area contributed by atoms with Crippen molar-refractivity contribution in [3.05, 3.63) is 95.1 Å². The summed E-state index contributed by atoms with van der Waals surface area (Å²) >= 11 is 0. The summed E-state index contributed by atoms with van der Waals surface area (Å²) in [7, 11) is 1.63. The van der Waals surface area contributed by atoms with E-state index in [0.29, 0.717) is 5.57 Å². The molecule has 0 aliphatic heterocycles. The minimum absolute atomic E-state index is 0.0425. The lowest BCUT2D eigenvalue weighted by Crippen LogP contribution is -2.01. The average Bonchev–Trinajstić information content (AvgIpc) is 2.94. The van der Waals surface area contributed by atoms with Crippen molar-refractivity contribution in [3.63, 3.8) is 0 Å². The van der Waals surface area contributed by atoms with Gasteiger partial charge in [0, 0.05) is 16.8 Å². The van der Waals surface area contributed by atoms with E-state index in [1.807, 2.05) is 60.7 Å². The van der Waals surface area contributed by atoms with Gasteiger partial charge < -0.3 is 10.1 Å². The van der Waals surface area contributed by atoms with Gasteiger partial charge in [-0.05, 0) is 42.3 Å². The molecule has 0 unspecified atom stereocenters. The highest BCUT2D eigenvalue weighted by atomic mass is 16.5. The largest absolute Gasteiger partial charge is 0.497 e. The van der Waals surface area contributed by atoms with E-state index >= 15 is 0 Å². The van der Waals surface area contributed by atoms with Crippen LogP contribution in [0.2, 0.25) is 0 Å². The fourth-order valence-electron chi connectivity index (χ4n) is 3.31. The highest BCUT2D eigenvalue weighted by Gasteiger charge is 2.30. The smallest absolute Gasteiger partial charge is 0.196 e. The van der Waals surface area contributed by atoms with Crippen LogP contribution in [-0.2, 0) is 0 Å². The standard InChI is InChI=1S/C23H19NO2/c1-15-6-5-7-17(14-15)24-22-19-8-3-4-9-20(19)23(25)21(22)16-10-12-18(26-2)13-11-16/h3-14,24H,1-2H3. The summed E-state index contributed by atoms with van der Waals surface area (Å²) < 4.78 is 5.24. The van der Waals surface area contributed by atoms with E-state index in [9.17, 15) is 4.79 Å². The van der Waals surface area contributed by atoms with E-state index in [-0.39, 0.29) is 5.78 Å². The predicted octanol–water partition coefficient (Wildman–Crippen LogP) is 5.18. The van der Waals surface area contributed by atoms with Crippen molar-refractivity contribution < 1.29 is 9.53 Å². The Morgan fingerprint density at radius 3 is 2.27 bits per heavy atom. The molecule has 0 fully saturated rings. The van der Waals surface area contributed by atoms with Gasteiger partial charge in [-0.1, -0.05) is 48.5 Å². The van der Waals surface area contributed by atoms with E-state index in [0.717, 1.165) is 33.8 Å². The number of hydrogen-bond acceptors (Lipinski definition) is 3. The van der Waals surface area contributed by atoms with E-state index in [1.165, 1.54) is 5.56 Å². The van der Waals surface area contributed by atoms with Gasteiger partial charge in [-0.25, -0.2) is 0 Å². The molecule has 0 saturated heterocycles. The molecule has 3 aromatic rings. The normalized spacial score (nSPS) is 12.9. The number of ketones is 1. The Labute approximate surface area is 152 Å². The lowest BCUT2D eigenvalue weighted by Gasteiger charge is -2.12. The third-order valence-electron chi connectivity index (χ3n) is 4.58. The van der Waals surface area contributed by atoms with Crippen LogP contribution in [0.15, 0.2) is 72.8 Å². The highest BCUT2D eigenvalue weighted by molar-refractivity contribution is 6.40. The van der Waals surface area contributed by atoms with Crippen LogP contribution in [0.25, 0.3) is 11.3 Å². The van der Waals surface area contributed by atoms with Crippen molar-refractivity contribution in [2.24, 2.45) is 0 Å². The number of carbonyl (C=O) groups excluding carboxylic acids is 1. The van der Waals surface area contributed by atoms with Gasteiger partial charge in [0.2, 0.25) is 0 Å². The van der Waals surface area contributed by atoms with Crippen LogP contribution in [0.4, 0.5) is 5.69 Å². The summed E-state index contributed by atoms with van der Waals surface area (Å²) in [6, 6.07) is 23.5. The molecule has 0 amide bonds. The van der Waals surface area contributed by atoms with Crippen LogP contribution >= 0.6 is 0 Å². The lowest BCUT2D eigenvalue weighted by molar-refractivity contribution is 0.105. The van der Waals surface area contributed by atoms with Gasteiger partial charge in [0.15, 0.2) is 5.78 Å². The Bertz CT molecular complexity index is 1020. The first-order chi connectivity index (χ1) is 12.7. The zero-order chi connectivity index (χ0) is 18.1. The topological polar surface area (TPSA) is 38.3 Å². The SMILES string of the molecule is COc1ccc(C2=C(Nc3cccc(C)c3)c3ccccc3C2=O)cc1. The fraction of sp³-hybridized carbons (Fsp3) is 0.0870. The van der Waals surface area contributed by atoms with Crippen molar-refractivity contribution in [1.29, 1.82) is 0 Å². The Morgan fingerprint density at radius 1 is 0.846 bits per heavy atom. The molecule has 1 N–H and O–H groups in total. The van der Waals surface area contributed by atoms with Gasteiger partial charge in [-0.3, -0.25) is 4.79 Å². The number of nitrogens with one attached hydrogen (secondary N) is 1. The Kier molecular flexibility index (Phi) is 4.05. The molecule has 3 heteroatoms. The Hall–Kier alpha value is -3.33. The summed E-state index contributed by atoms with van der Waals surface area (Å²) in [6.45, 7) is 2.05. The number of anilines is 1. The van der Waals surface area contributed by atoms with Gasteiger partial charge in [0.05, 0.1) is 18.4 Å². The molecule has 3 aromatic carbocycles. The second kappa shape index (κ2) is 6.52. The van der Waals surface area contributed by atoms with Crippen molar-refractivity contribution in [2.45, 2.75) is 6.92 Å². The van der Waals surface area contributed by atoms with Gasteiger partial charge >= 0.3 is 0 Å². The maximum absolute atomic E-state index is 13.1. The molecule has 0 radical (unpaired) electrons. The second-order valence-electron chi connectivity index (χ2n) is 6.35. The van der Waals surface area contributed by atoms with Gasteiger partial charge in [-0.2, -0.15) is 0 Å². The lowest BCUT2D eigenvalue weighted by atomic mass is 10.0. The molecule has 0 atom stereocenters. The monoisotopic (exact) mass is 341 g/mol. The molecule has 0 saturated carbocycles. The number of hydrogen-bond donors (Lipinski definition) is 1. The van der Waals surface area contributed by atoms with Crippen LogP contribution in [0.3, 0.4) is 0 Å². The predicted molar refractivity (Wildman–Crippen MR) is 105 cm³/mol. The molecule has 26 heavy (non-hydrogen) atoms. The Balaban J connectivity index is 1.86. The number of allylic oxidation sites excluding steroid dienone is 1. The molecule has 0 aromatic heterocycles. The summed E-state index contributed by atoms with van der Waals surface area (Å²) in [5, 5.41) is 3.47. The number of rotatable bonds is 4. The van der Waals surface area contributed by atoms with Crippen LogP contribution in [0.5, 0.6) is 5.75 Å². The summed E-state index contributed by atoms with van der Waals surface area (Å²) in [5.74, 6) is 0.812. The quantitative estimate of drug-likeness (QED) is 0.710. The van der Waals surface area contributed by atoms with E-state index in [4.69, 9.17) is 4.74 Å². The molecule has 0 bridgehead atoms. The van der Waals surface area contributed by atoms with Gasteiger partial charge in [0.25, 0.3) is 0 Å². The van der Waals surface area contributed by atoms with Crippen LogP contribution < -0.4 is 10.1 Å². The third kappa shape index (κ3) is 2.78. The maximum atomic E-state index is 13.1. The zero-order valence-corrected chi connectivity index (χ0v) is 14.7. The molecule has 3 nitrogen and oxygen atoms in total. The molecular weight excluding hydrogens is 322 g/mol. The molecule has 1 aliphatic rings. The first-order valence-electron chi connectivity index (χ1n) is 8.54. The van der Waals surface area contributed by atoms with Crippen molar-refractivity contribution in [2.75, 3.05) is 12.4 Å². The van der Waals surface area contributed by atoms with Crippen LogP contribution in [0.1, 0.15) is 27.0 Å². The van der Waals surface area contributed by atoms with Gasteiger partial charge in [-0.15, -0.1) is 0 Å². The number of benzene rings is 3. The third-order valence-corrected chi connectivity index (χ3v) is 4.58. The van der Waals surface area contributed by atoms with Crippen molar-refractivity contribution in [3.8, 4) is 5.75 Å². The highest BCUT2D eigenvalue weighted by Crippen LogP contribution is 2.39. The Morgan fingerprint density at radius 2 is 1.58 bits per heavy atom. The molecule has 4 rings (SSSR count). The summed E-state index contributed by atoms with van der Waals surface area (Å²) in [6.07, 6.45) is 0. The van der Waals surface area contributed by atoms with Crippen LogP contribution in [0, 0.1) is 6.92 Å². The number of aryl methyl sites for hydroxylation is 1. The number of fused-ring (bicyclic) bond motifs is 1. The molecule has 0 spiro atoms. The van der Waals surface area contributed by atoms with E-state index in [2.05, 4.69) is 24.4 Å². The minimum Gasteiger partial charge on any atom is -0.497 e. The molecule has 128 valence electrons. The number of ether oxygens (including phenoxy) is 1. The van der Waals surface area contributed by atoms with Crippen LogP contribution in [-0.4, -0.2) is 12.9 Å². The first-order valence-corrected chi connectivity index (χ1v) is 8.54. The average molecular weight is 341 g/mol. The number of carbonyl (C=O) groups is 1. The van der Waals surface area contributed by atoms with Crippen molar-refractivity contribution >= 4 is 22.7 Å². The summed E-state index contributed by atoms with van der Waals surface area (Å²) in [4.78, 5) is 13.1. The zero-order valence-electron chi connectivity index (χ0n) is 14.7. The maximum Gasteiger partial charge on any atom is 0.196 e. The molecule has 1 aliphatic carbocycles. The van der Waals surface area contributed by atoms with Gasteiger partial charge in [0.1, 0.15) is 5.75 Å². The van der Waals surface area contributed by atoms with E-state index < -0.39 is 0 Å².